The molecule has 1 saturated carbocycles. The Labute approximate surface area is 163 Å². The number of aryl methyl sites for hydroxylation is 1. The van der Waals surface area contributed by atoms with Gasteiger partial charge in [-0.15, -0.1) is 11.3 Å². The second-order valence-corrected chi connectivity index (χ2v) is 7.39. The number of anilines is 3. The summed E-state index contributed by atoms with van der Waals surface area (Å²) in [6, 6.07) is 0. The van der Waals surface area contributed by atoms with E-state index in [0.29, 0.717) is 16.6 Å². The second kappa shape index (κ2) is 7.27. The van der Waals surface area contributed by atoms with Gasteiger partial charge < -0.3 is 15.7 Å². The van der Waals surface area contributed by atoms with E-state index >= 15 is 0 Å². The Morgan fingerprint density at radius 1 is 1.14 bits per heavy atom. The third kappa shape index (κ3) is 3.78. The van der Waals surface area contributed by atoms with Gasteiger partial charge in [0.15, 0.2) is 17.2 Å². The summed E-state index contributed by atoms with van der Waals surface area (Å²) in [6.07, 6.45) is 8.12. The summed E-state index contributed by atoms with van der Waals surface area (Å²) in [6.45, 7) is 1.67. The normalized spacial score (nSPS) is 13.2. The van der Waals surface area contributed by atoms with Crippen molar-refractivity contribution in [1.29, 1.82) is 0 Å². The van der Waals surface area contributed by atoms with Gasteiger partial charge in [-0.05, 0) is 19.8 Å². The van der Waals surface area contributed by atoms with E-state index < -0.39 is 11.9 Å². The average molecular weight is 397 g/mol. The second-order valence-electron chi connectivity index (χ2n) is 6.19. The standard InChI is InChI=1S/C17H15N7O3S/c1-8-21-13(17(26)27)16(28-8)24-15(25)12-14(22-10-4-18-7-19-5-10)20-6-11(23-12)9-2-3-9/h4-7,9H,2-3H2,1H3,(H,20,22)(H,24,25)(H,26,27). The summed E-state index contributed by atoms with van der Waals surface area (Å²) in [5.41, 5.74) is 1.15. The van der Waals surface area contributed by atoms with E-state index in [-0.39, 0.29) is 22.2 Å². The minimum absolute atomic E-state index is 0.0654. The molecule has 0 aromatic carbocycles. The van der Waals surface area contributed by atoms with Gasteiger partial charge in [0.25, 0.3) is 5.91 Å². The highest BCUT2D eigenvalue weighted by molar-refractivity contribution is 7.16. The molecule has 1 aliphatic rings. The van der Waals surface area contributed by atoms with Gasteiger partial charge in [-0.25, -0.2) is 29.7 Å². The molecule has 0 spiro atoms. The van der Waals surface area contributed by atoms with Gasteiger partial charge >= 0.3 is 5.97 Å². The Balaban J connectivity index is 1.67. The molecule has 3 aromatic rings. The van der Waals surface area contributed by atoms with Gasteiger partial charge in [0.1, 0.15) is 11.3 Å². The fourth-order valence-corrected chi connectivity index (χ4v) is 3.35. The molecule has 4 rings (SSSR count). The number of carboxylic acids is 1. The summed E-state index contributed by atoms with van der Waals surface area (Å²) >= 11 is 1.09. The summed E-state index contributed by atoms with van der Waals surface area (Å²) in [4.78, 5) is 44.8. The SMILES string of the molecule is Cc1nc(C(=O)O)c(NC(=O)c2nc(C3CC3)cnc2Nc2cncnc2)s1. The van der Waals surface area contributed by atoms with E-state index in [2.05, 4.69) is 35.6 Å². The first-order valence-electron chi connectivity index (χ1n) is 8.42. The van der Waals surface area contributed by atoms with Gasteiger partial charge in [-0.1, -0.05) is 0 Å². The predicted molar refractivity (Wildman–Crippen MR) is 101 cm³/mol. The maximum Gasteiger partial charge on any atom is 0.357 e. The summed E-state index contributed by atoms with van der Waals surface area (Å²) in [5.74, 6) is -1.25. The topological polar surface area (TPSA) is 143 Å². The van der Waals surface area contributed by atoms with Crippen LogP contribution >= 0.6 is 11.3 Å². The first kappa shape index (κ1) is 17.9. The Kier molecular flexibility index (Phi) is 4.65. The van der Waals surface area contributed by atoms with Crippen LogP contribution in [0.5, 0.6) is 0 Å². The molecule has 1 amide bonds. The van der Waals surface area contributed by atoms with Gasteiger partial charge in [0.2, 0.25) is 0 Å². The van der Waals surface area contributed by atoms with Gasteiger partial charge in [-0.3, -0.25) is 4.79 Å². The van der Waals surface area contributed by atoms with Crippen molar-refractivity contribution in [2.45, 2.75) is 25.7 Å². The Morgan fingerprint density at radius 2 is 1.89 bits per heavy atom. The molecule has 3 N–H and O–H groups in total. The van der Waals surface area contributed by atoms with Gasteiger partial charge in [0.05, 0.1) is 35.0 Å². The fourth-order valence-electron chi connectivity index (χ4n) is 2.55. The number of carbonyl (C=O) groups is 2. The third-order valence-corrected chi connectivity index (χ3v) is 4.88. The molecule has 142 valence electrons. The average Bonchev–Trinajstić information content (AvgIpc) is 3.46. The van der Waals surface area contributed by atoms with E-state index in [0.717, 1.165) is 29.9 Å². The van der Waals surface area contributed by atoms with Gasteiger partial charge in [0, 0.05) is 5.92 Å². The van der Waals surface area contributed by atoms with Crippen LogP contribution in [0.3, 0.4) is 0 Å². The molecule has 1 aliphatic carbocycles. The van der Waals surface area contributed by atoms with Crippen LogP contribution in [0.2, 0.25) is 0 Å². The Hall–Kier alpha value is -3.47. The van der Waals surface area contributed by atoms with Crippen LogP contribution in [0.4, 0.5) is 16.5 Å². The molecule has 0 aliphatic heterocycles. The molecule has 0 saturated heterocycles. The van der Waals surface area contributed by atoms with Crippen molar-refractivity contribution in [1.82, 2.24) is 24.9 Å². The van der Waals surface area contributed by atoms with Crippen molar-refractivity contribution < 1.29 is 14.7 Å². The Morgan fingerprint density at radius 3 is 2.57 bits per heavy atom. The van der Waals surface area contributed by atoms with Crippen LogP contribution in [-0.4, -0.2) is 41.9 Å². The monoisotopic (exact) mass is 397 g/mol. The number of carbonyl (C=O) groups excluding carboxylic acids is 1. The predicted octanol–water partition coefficient (Wildman–Crippen LogP) is 2.60. The highest BCUT2D eigenvalue weighted by Gasteiger charge is 2.28. The molecule has 11 heteroatoms. The van der Waals surface area contributed by atoms with Crippen LogP contribution < -0.4 is 10.6 Å². The van der Waals surface area contributed by atoms with Crippen molar-refractivity contribution in [2.75, 3.05) is 10.6 Å². The molecule has 3 heterocycles. The van der Waals surface area contributed by atoms with Crippen LogP contribution in [0, 0.1) is 6.92 Å². The van der Waals surface area contributed by atoms with Crippen molar-refractivity contribution >= 4 is 39.7 Å². The summed E-state index contributed by atoms with van der Waals surface area (Å²) in [5, 5.41) is 15.5. The first-order chi connectivity index (χ1) is 13.5. The smallest absolute Gasteiger partial charge is 0.357 e. The zero-order chi connectivity index (χ0) is 19.7. The van der Waals surface area contributed by atoms with Crippen LogP contribution in [0.25, 0.3) is 0 Å². The summed E-state index contributed by atoms with van der Waals surface area (Å²) in [7, 11) is 0. The van der Waals surface area contributed by atoms with E-state index in [1.807, 2.05) is 0 Å². The minimum Gasteiger partial charge on any atom is -0.476 e. The van der Waals surface area contributed by atoms with Crippen LogP contribution in [-0.2, 0) is 0 Å². The molecular weight excluding hydrogens is 382 g/mol. The lowest BCUT2D eigenvalue weighted by atomic mass is 10.2. The van der Waals surface area contributed by atoms with E-state index in [4.69, 9.17) is 0 Å². The molecule has 10 nitrogen and oxygen atoms in total. The highest BCUT2D eigenvalue weighted by atomic mass is 32.1. The number of aromatic nitrogens is 5. The quantitative estimate of drug-likeness (QED) is 0.572. The number of thiazole rings is 1. The molecule has 1 fully saturated rings. The number of nitrogens with one attached hydrogen (secondary N) is 2. The lowest BCUT2D eigenvalue weighted by Crippen LogP contribution is -2.18. The maximum atomic E-state index is 12.9. The van der Waals surface area contributed by atoms with E-state index in [9.17, 15) is 14.7 Å². The lowest BCUT2D eigenvalue weighted by molar-refractivity contribution is 0.0692. The first-order valence-corrected chi connectivity index (χ1v) is 9.24. The van der Waals surface area contributed by atoms with Crippen molar-refractivity contribution in [3.8, 4) is 0 Å². The van der Waals surface area contributed by atoms with Crippen LogP contribution in [0.1, 0.15) is 50.4 Å². The highest BCUT2D eigenvalue weighted by Crippen LogP contribution is 2.39. The molecule has 0 atom stereocenters. The van der Waals surface area contributed by atoms with E-state index in [1.54, 1.807) is 25.5 Å². The number of carboxylic acid groups (broad SMARTS) is 1. The van der Waals surface area contributed by atoms with Crippen LogP contribution in [0.15, 0.2) is 24.9 Å². The third-order valence-electron chi connectivity index (χ3n) is 3.99. The molecule has 0 bridgehead atoms. The van der Waals surface area contributed by atoms with Gasteiger partial charge in [-0.2, -0.15) is 0 Å². The summed E-state index contributed by atoms with van der Waals surface area (Å²) < 4.78 is 0. The molecule has 3 aromatic heterocycles. The molecule has 0 unspecified atom stereocenters. The molecule has 0 radical (unpaired) electrons. The fraction of sp³-hybridized carbons (Fsp3) is 0.235. The zero-order valence-corrected chi connectivity index (χ0v) is 15.5. The Bertz CT molecular complexity index is 1050. The number of amides is 1. The number of aromatic carboxylic acids is 1. The molecular formula is C17H15N7O3S. The lowest BCUT2D eigenvalue weighted by Gasteiger charge is -2.11. The minimum atomic E-state index is -1.21. The van der Waals surface area contributed by atoms with E-state index in [1.165, 1.54) is 6.33 Å². The number of rotatable bonds is 6. The van der Waals surface area contributed by atoms with Crippen molar-refractivity contribution in [3.63, 3.8) is 0 Å². The van der Waals surface area contributed by atoms with Crippen molar-refractivity contribution in [3.05, 3.63) is 47.0 Å². The number of hydrogen-bond donors (Lipinski definition) is 3. The molecule has 28 heavy (non-hydrogen) atoms. The number of nitrogens with zero attached hydrogens (tertiary/aromatic N) is 5. The zero-order valence-electron chi connectivity index (χ0n) is 14.7. The number of hydrogen-bond acceptors (Lipinski definition) is 9. The van der Waals surface area contributed by atoms with Crippen molar-refractivity contribution in [2.24, 2.45) is 0 Å². The largest absolute Gasteiger partial charge is 0.476 e. The maximum absolute atomic E-state index is 12.9.